The van der Waals surface area contributed by atoms with E-state index in [2.05, 4.69) is 0 Å². The molecule has 0 aromatic carbocycles. The predicted octanol–water partition coefficient (Wildman–Crippen LogP) is 2.16. The molecule has 0 unspecified atom stereocenters. The van der Waals surface area contributed by atoms with Gasteiger partial charge in [-0.15, -0.1) is 0 Å². The van der Waals surface area contributed by atoms with Crippen molar-refractivity contribution in [2.75, 3.05) is 13.2 Å². The Bertz CT molecular complexity index is 259. The molecule has 1 heterocycles. The van der Waals surface area contributed by atoms with Gasteiger partial charge in [-0.05, 0) is 47.0 Å². The van der Waals surface area contributed by atoms with Crippen molar-refractivity contribution < 1.29 is 14.6 Å². The fourth-order valence-corrected chi connectivity index (χ4v) is 1.97. The fraction of sp³-hybridized carbons (Fsp3) is 0.917. The number of hydrogen-bond donors (Lipinski definition) is 1. The highest BCUT2D eigenvalue weighted by molar-refractivity contribution is 5.69. The molecule has 0 aromatic rings. The van der Waals surface area contributed by atoms with Gasteiger partial charge < -0.3 is 14.7 Å². The van der Waals surface area contributed by atoms with Crippen LogP contribution in [-0.4, -0.2) is 40.4 Å². The molecule has 1 amide bonds. The minimum atomic E-state index is -0.481. The molecule has 1 fully saturated rings. The molecule has 1 N–H and O–H groups in total. The van der Waals surface area contributed by atoms with Gasteiger partial charge in [0.1, 0.15) is 5.60 Å². The third-order valence-corrected chi connectivity index (χ3v) is 2.95. The number of rotatable bonds is 1. The van der Waals surface area contributed by atoms with Crippen molar-refractivity contribution in [1.82, 2.24) is 4.90 Å². The lowest BCUT2D eigenvalue weighted by Gasteiger charge is -2.43. The summed E-state index contributed by atoms with van der Waals surface area (Å²) in [5.74, 6) is 0. The van der Waals surface area contributed by atoms with Gasteiger partial charge >= 0.3 is 6.09 Å². The third-order valence-electron chi connectivity index (χ3n) is 2.95. The number of nitrogens with zero attached hydrogens (tertiary/aromatic N) is 1. The van der Waals surface area contributed by atoms with Crippen LogP contribution in [-0.2, 0) is 4.74 Å². The van der Waals surface area contributed by atoms with Crippen molar-refractivity contribution in [2.45, 2.75) is 58.1 Å². The van der Waals surface area contributed by atoms with Crippen molar-refractivity contribution in [3.8, 4) is 0 Å². The van der Waals surface area contributed by atoms with Gasteiger partial charge in [-0.1, -0.05) is 0 Å². The molecule has 0 saturated carbocycles. The van der Waals surface area contributed by atoms with E-state index in [-0.39, 0.29) is 12.7 Å². The van der Waals surface area contributed by atoms with Crippen LogP contribution in [0.5, 0.6) is 0 Å². The highest BCUT2D eigenvalue weighted by Gasteiger charge is 2.38. The highest BCUT2D eigenvalue weighted by atomic mass is 16.6. The first-order valence-corrected chi connectivity index (χ1v) is 5.90. The van der Waals surface area contributed by atoms with E-state index in [1.54, 1.807) is 4.90 Å². The van der Waals surface area contributed by atoms with Crippen LogP contribution in [0.2, 0.25) is 0 Å². The monoisotopic (exact) mass is 229 g/mol. The van der Waals surface area contributed by atoms with Gasteiger partial charge in [0.15, 0.2) is 0 Å². The Kier molecular flexibility index (Phi) is 3.84. The second-order valence-electron chi connectivity index (χ2n) is 5.74. The Hall–Kier alpha value is -0.770. The summed E-state index contributed by atoms with van der Waals surface area (Å²) >= 11 is 0. The average molecular weight is 229 g/mol. The summed E-state index contributed by atoms with van der Waals surface area (Å²) in [4.78, 5) is 13.6. The van der Waals surface area contributed by atoms with E-state index >= 15 is 0 Å². The van der Waals surface area contributed by atoms with Crippen LogP contribution in [0.25, 0.3) is 0 Å². The summed E-state index contributed by atoms with van der Waals surface area (Å²) < 4.78 is 5.35. The van der Waals surface area contributed by atoms with Gasteiger partial charge in [0.25, 0.3) is 0 Å². The average Bonchev–Trinajstić information content (AvgIpc) is 2.15. The number of hydrogen-bond acceptors (Lipinski definition) is 3. The van der Waals surface area contributed by atoms with Crippen LogP contribution in [0.3, 0.4) is 0 Å². The van der Waals surface area contributed by atoms with Gasteiger partial charge in [-0.3, -0.25) is 0 Å². The molecule has 1 rings (SSSR count). The zero-order valence-electron chi connectivity index (χ0n) is 10.7. The SMILES string of the molecule is CC(C)(C)OC(=O)N1CCCC[C@@]1(C)CO. The number of likely N-dealkylation sites (tertiary alicyclic amines) is 1. The molecule has 0 bridgehead atoms. The molecule has 1 atom stereocenters. The van der Waals surface area contributed by atoms with E-state index in [1.807, 2.05) is 27.7 Å². The molecule has 1 aliphatic heterocycles. The molecule has 0 aliphatic carbocycles. The number of amides is 1. The van der Waals surface area contributed by atoms with E-state index in [0.29, 0.717) is 6.54 Å². The number of ether oxygens (including phenoxy) is 1. The summed E-state index contributed by atoms with van der Waals surface area (Å²) in [5, 5.41) is 9.42. The van der Waals surface area contributed by atoms with Crippen LogP contribution in [0, 0.1) is 0 Å². The lowest BCUT2D eigenvalue weighted by Crippen LogP contribution is -2.56. The molecule has 1 saturated heterocycles. The smallest absolute Gasteiger partial charge is 0.410 e. The number of carbonyl (C=O) groups excluding carboxylic acids is 1. The maximum absolute atomic E-state index is 12.0. The number of piperidine rings is 1. The maximum atomic E-state index is 12.0. The fourth-order valence-electron chi connectivity index (χ4n) is 1.97. The molecule has 1 aliphatic rings. The largest absolute Gasteiger partial charge is 0.444 e. The van der Waals surface area contributed by atoms with Crippen LogP contribution >= 0.6 is 0 Å². The first kappa shape index (κ1) is 13.3. The van der Waals surface area contributed by atoms with Crippen LogP contribution < -0.4 is 0 Å². The van der Waals surface area contributed by atoms with E-state index in [0.717, 1.165) is 19.3 Å². The van der Waals surface area contributed by atoms with Gasteiger partial charge in [-0.25, -0.2) is 4.79 Å². The Balaban J connectivity index is 2.72. The number of aliphatic hydroxyl groups excluding tert-OH is 1. The van der Waals surface area contributed by atoms with Crippen molar-refractivity contribution >= 4 is 6.09 Å². The first-order chi connectivity index (χ1) is 7.28. The number of aliphatic hydroxyl groups is 1. The molecular formula is C12H23NO3. The van der Waals surface area contributed by atoms with Crippen LogP contribution in [0.4, 0.5) is 4.79 Å². The minimum absolute atomic E-state index is 0.00770. The lowest BCUT2D eigenvalue weighted by atomic mass is 9.90. The molecule has 94 valence electrons. The topological polar surface area (TPSA) is 49.8 Å². The summed E-state index contributed by atoms with van der Waals surface area (Å²) in [7, 11) is 0. The van der Waals surface area contributed by atoms with Crippen molar-refractivity contribution in [1.29, 1.82) is 0 Å². The van der Waals surface area contributed by atoms with Crippen LogP contribution in [0.1, 0.15) is 47.0 Å². The predicted molar refractivity (Wildman–Crippen MR) is 62.3 cm³/mol. The molecular weight excluding hydrogens is 206 g/mol. The van der Waals surface area contributed by atoms with E-state index in [9.17, 15) is 9.90 Å². The van der Waals surface area contributed by atoms with Gasteiger partial charge in [0, 0.05) is 6.54 Å². The molecule has 4 heteroatoms. The van der Waals surface area contributed by atoms with Crippen LogP contribution in [0.15, 0.2) is 0 Å². The zero-order valence-corrected chi connectivity index (χ0v) is 10.7. The van der Waals surface area contributed by atoms with Crippen molar-refractivity contribution in [2.24, 2.45) is 0 Å². The Morgan fingerprint density at radius 2 is 2.06 bits per heavy atom. The van der Waals surface area contributed by atoms with Crippen molar-refractivity contribution in [3.63, 3.8) is 0 Å². The maximum Gasteiger partial charge on any atom is 0.410 e. The summed E-state index contributed by atoms with van der Waals surface area (Å²) in [6.45, 7) is 8.13. The highest BCUT2D eigenvalue weighted by Crippen LogP contribution is 2.28. The normalized spacial score (nSPS) is 26.7. The summed E-state index contributed by atoms with van der Waals surface area (Å²) in [6, 6.07) is 0. The van der Waals surface area contributed by atoms with Gasteiger partial charge in [-0.2, -0.15) is 0 Å². The molecule has 0 radical (unpaired) electrons. The molecule has 0 aromatic heterocycles. The Morgan fingerprint density at radius 1 is 1.44 bits per heavy atom. The summed E-state index contributed by atoms with van der Waals surface area (Å²) in [6.07, 6.45) is 2.55. The quantitative estimate of drug-likeness (QED) is 0.749. The second-order valence-corrected chi connectivity index (χ2v) is 5.74. The third kappa shape index (κ3) is 3.11. The van der Waals surface area contributed by atoms with Gasteiger partial charge in [0.2, 0.25) is 0 Å². The lowest BCUT2D eigenvalue weighted by molar-refractivity contribution is -0.0270. The molecule has 0 spiro atoms. The summed E-state index contributed by atoms with van der Waals surface area (Å²) in [5.41, 5.74) is -0.939. The minimum Gasteiger partial charge on any atom is -0.444 e. The standard InChI is InChI=1S/C12H23NO3/c1-11(2,3)16-10(15)13-8-6-5-7-12(13,4)9-14/h14H,5-9H2,1-4H3/t12-/m0/s1. The van der Waals surface area contributed by atoms with E-state index < -0.39 is 11.1 Å². The van der Waals surface area contributed by atoms with E-state index in [4.69, 9.17) is 4.74 Å². The number of carbonyl (C=O) groups is 1. The second kappa shape index (κ2) is 4.62. The zero-order chi connectivity index (χ0) is 12.4. The Morgan fingerprint density at radius 3 is 2.56 bits per heavy atom. The van der Waals surface area contributed by atoms with E-state index in [1.165, 1.54) is 0 Å². The van der Waals surface area contributed by atoms with Crippen molar-refractivity contribution in [3.05, 3.63) is 0 Å². The Labute approximate surface area is 97.6 Å². The molecule has 4 nitrogen and oxygen atoms in total. The first-order valence-electron chi connectivity index (χ1n) is 5.90. The molecule has 16 heavy (non-hydrogen) atoms. The van der Waals surface area contributed by atoms with Gasteiger partial charge in [0.05, 0.1) is 12.1 Å².